The number of piperidine rings is 1. The first kappa shape index (κ1) is 13.0. The van der Waals surface area contributed by atoms with Gasteiger partial charge in [0, 0.05) is 6.42 Å². The highest BCUT2D eigenvalue weighted by Crippen LogP contribution is 2.05. The molecular weight excluding hydrogens is 256 g/mol. The molecule has 0 aromatic carbocycles. The maximum absolute atomic E-state index is 11.6. The van der Waals surface area contributed by atoms with Crippen LogP contribution in [0, 0.1) is 0 Å². The van der Waals surface area contributed by atoms with Gasteiger partial charge in [0.15, 0.2) is 0 Å². The molecule has 0 aromatic rings. The highest BCUT2D eigenvalue weighted by atomic mass is 16.2. The molecule has 1 atom stereocenters. The second-order valence-corrected chi connectivity index (χ2v) is 4.21. The smallest absolute Gasteiger partial charge is 0.325 e. The third-order valence-corrected chi connectivity index (χ3v) is 2.81. The fourth-order valence-corrected chi connectivity index (χ4v) is 1.83. The minimum atomic E-state index is -0.814. The molecule has 2 rings (SSSR count). The molecule has 9 nitrogen and oxygen atoms in total. The normalized spacial score (nSPS) is 23.2. The van der Waals surface area contributed by atoms with E-state index < -0.39 is 36.3 Å². The number of rotatable bonds is 3. The van der Waals surface area contributed by atoms with Crippen LogP contribution >= 0.6 is 0 Å². The highest BCUT2D eigenvalue weighted by molar-refractivity contribution is 6.05. The topological polar surface area (TPSA) is 125 Å². The molecule has 2 fully saturated rings. The summed E-state index contributed by atoms with van der Waals surface area (Å²) >= 11 is 0. The Kier molecular flexibility index (Phi) is 3.45. The number of nitrogens with one attached hydrogen (secondary N) is 3. The van der Waals surface area contributed by atoms with E-state index in [0.29, 0.717) is 0 Å². The third kappa shape index (κ3) is 2.87. The zero-order chi connectivity index (χ0) is 14.0. The number of imide groups is 2. The lowest BCUT2D eigenvalue weighted by Gasteiger charge is -2.22. The van der Waals surface area contributed by atoms with Crippen LogP contribution in [0.4, 0.5) is 4.79 Å². The molecule has 0 spiro atoms. The molecule has 0 aromatic heterocycles. The molecule has 102 valence electrons. The Labute approximate surface area is 107 Å². The van der Waals surface area contributed by atoms with Crippen LogP contribution in [0.2, 0.25) is 0 Å². The van der Waals surface area contributed by atoms with E-state index in [0.717, 1.165) is 4.90 Å². The summed E-state index contributed by atoms with van der Waals surface area (Å²) in [6.45, 7) is -0.576. The number of hydrogen-bond donors (Lipinski definition) is 3. The van der Waals surface area contributed by atoms with Crippen LogP contribution in [0.1, 0.15) is 12.8 Å². The molecule has 0 saturated carbocycles. The van der Waals surface area contributed by atoms with Crippen LogP contribution in [-0.2, 0) is 19.2 Å². The number of carbonyl (C=O) groups excluding carboxylic acids is 5. The SMILES string of the molecule is O=C1CCC(NC(=O)CN2C(=O)CNC2=O)C(=O)N1. The van der Waals surface area contributed by atoms with Gasteiger partial charge in [0.2, 0.25) is 17.7 Å². The fourth-order valence-electron chi connectivity index (χ4n) is 1.83. The van der Waals surface area contributed by atoms with E-state index in [1.54, 1.807) is 0 Å². The van der Waals surface area contributed by atoms with Gasteiger partial charge >= 0.3 is 6.03 Å². The van der Waals surface area contributed by atoms with Crippen molar-refractivity contribution in [3.05, 3.63) is 0 Å². The van der Waals surface area contributed by atoms with Crippen molar-refractivity contribution in [1.82, 2.24) is 20.9 Å². The van der Waals surface area contributed by atoms with Crippen molar-refractivity contribution >= 4 is 29.7 Å². The third-order valence-electron chi connectivity index (χ3n) is 2.81. The quantitative estimate of drug-likeness (QED) is 0.384. The molecule has 2 saturated heterocycles. The van der Waals surface area contributed by atoms with Gasteiger partial charge in [0.05, 0.1) is 6.54 Å². The van der Waals surface area contributed by atoms with Crippen LogP contribution in [0.5, 0.6) is 0 Å². The summed E-state index contributed by atoms with van der Waals surface area (Å²) in [6.07, 6.45) is 0.344. The van der Waals surface area contributed by atoms with E-state index in [1.165, 1.54) is 0 Å². The largest absolute Gasteiger partial charge is 0.343 e. The predicted octanol–water partition coefficient (Wildman–Crippen LogP) is -2.54. The summed E-state index contributed by atoms with van der Waals surface area (Å²) in [5, 5.41) is 6.75. The van der Waals surface area contributed by atoms with E-state index in [1.807, 2.05) is 0 Å². The summed E-state index contributed by atoms with van der Waals surface area (Å²) in [4.78, 5) is 57.2. The van der Waals surface area contributed by atoms with Gasteiger partial charge in [-0.25, -0.2) is 4.79 Å². The van der Waals surface area contributed by atoms with Gasteiger partial charge in [-0.3, -0.25) is 29.4 Å². The zero-order valence-electron chi connectivity index (χ0n) is 9.89. The van der Waals surface area contributed by atoms with Gasteiger partial charge < -0.3 is 10.6 Å². The Hall–Kier alpha value is -2.45. The monoisotopic (exact) mass is 268 g/mol. The van der Waals surface area contributed by atoms with E-state index in [2.05, 4.69) is 16.0 Å². The molecule has 2 aliphatic heterocycles. The van der Waals surface area contributed by atoms with Crippen molar-refractivity contribution in [2.75, 3.05) is 13.1 Å². The first-order chi connectivity index (χ1) is 8.97. The minimum Gasteiger partial charge on any atom is -0.343 e. The van der Waals surface area contributed by atoms with Crippen molar-refractivity contribution in [3.63, 3.8) is 0 Å². The number of nitrogens with zero attached hydrogens (tertiary/aromatic N) is 1. The fraction of sp³-hybridized carbons (Fsp3) is 0.500. The lowest BCUT2D eigenvalue weighted by Crippen LogP contribution is -2.54. The summed E-state index contributed by atoms with van der Waals surface area (Å²) < 4.78 is 0. The molecule has 2 aliphatic rings. The molecule has 0 radical (unpaired) electrons. The minimum absolute atomic E-state index is 0.134. The Bertz CT molecular complexity index is 459. The van der Waals surface area contributed by atoms with Crippen LogP contribution in [0.3, 0.4) is 0 Å². The number of carbonyl (C=O) groups is 5. The Morgan fingerprint density at radius 3 is 2.63 bits per heavy atom. The second kappa shape index (κ2) is 5.04. The molecule has 0 aliphatic carbocycles. The van der Waals surface area contributed by atoms with E-state index in [9.17, 15) is 24.0 Å². The van der Waals surface area contributed by atoms with Crippen molar-refractivity contribution < 1.29 is 24.0 Å². The van der Waals surface area contributed by atoms with Gasteiger partial charge in [-0.05, 0) is 6.42 Å². The summed E-state index contributed by atoms with van der Waals surface area (Å²) in [5.74, 6) is -2.09. The lowest BCUT2D eigenvalue weighted by molar-refractivity contribution is -0.137. The molecule has 3 N–H and O–H groups in total. The molecule has 9 heteroatoms. The Balaban J connectivity index is 1.87. The van der Waals surface area contributed by atoms with E-state index in [-0.39, 0.29) is 25.3 Å². The van der Waals surface area contributed by atoms with Crippen molar-refractivity contribution in [2.24, 2.45) is 0 Å². The van der Waals surface area contributed by atoms with Gasteiger partial charge in [-0.15, -0.1) is 0 Å². The number of hydrogen-bond acceptors (Lipinski definition) is 5. The standard InChI is InChI=1S/C10H12N4O5/c15-6-2-1-5(9(18)13-6)12-7(16)4-14-8(17)3-11-10(14)19/h5H,1-4H2,(H,11,19)(H,12,16)(H,13,15,18). The highest BCUT2D eigenvalue weighted by Gasteiger charge is 2.32. The van der Waals surface area contributed by atoms with Crippen LogP contribution in [0.25, 0.3) is 0 Å². The van der Waals surface area contributed by atoms with Crippen molar-refractivity contribution in [3.8, 4) is 0 Å². The van der Waals surface area contributed by atoms with Gasteiger partial charge in [-0.2, -0.15) is 0 Å². The van der Waals surface area contributed by atoms with Crippen LogP contribution in [-0.4, -0.2) is 53.7 Å². The van der Waals surface area contributed by atoms with Gasteiger partial charge in [-0.1, -0.05) is 0 Å². The summed E-state index contributed by atoms with van der Waals surface area (Å²) in [5.41, 5.74) is 0. The van der Waals surface area contributed by atoms with Crippen molar-refractivity contribution in [2.45, 2.75) is 18.9 Å². The van der Waals surface area contributed by atoms with Crippen LogP contribution in [0.15, 0.2) is 0 Å². The first-order valence-electron chi connectivity index (χ1n) is 5.68. The lowest BCUT2D eigenvalue weighted by atomic mass is 10.1. The molecule has 6 amide bonds. The molecule has 2 heterocycles. The Morgan fingerprint density at radius 2 is 2.05 bits per heavy atom. The average Bonchev–Trinajstić information content (AvgIpc) is 2.65. The predicted molar refractivity (Wildman–Crippen MR) is 59.4 cm³/mol. The summed E-state index contributed by atoms with van der Waals surface area (Å²) in [7, 11) is 0. The summed E-state index contributed by atoms with van der Waals surface area (Å²) in [6, 6.07) is -1.45. The zero-order valence-corrected chi connectivity index (χ0v) is 9.89. The maximum atomic E-state index is 11.6. The molecule has 1 unspecified atom stereocenters. The van der Waals surface area contributed by atoms with Crippen LogP contribution < -0.4 is 16.0 Å². The van der Waals surface area contributed by atoms with E-state index in [4.69, 9.17) is 0 Å². The van der Waals surface area contributed by atoms with E-state index >= 15 is 0 Å². The van der Waals surface area contributed by atoms with Gasteiger partial charge in [0.25, 0.3) is 5.91 Å². The first-order valence-corrected chi connectivity index (χ1v) is 5.68. The number of amides is 6. The van der Waals surface area contributed by atoms with Gasteiger partial charge in [0.1, 0.15) is 12.6 Å². The second-order valence-electron chi connectivity index (χ2n) is 4.21. The Morgan fingerprint density at radius 1 is 1.32 bits per heavy atom. The molecule has 0 bridgehead atoms. The molecular formula is C10H12N4O5. The van der Waals surface area contributed by atoms with Crippen molar-refractivity contribution in [1.29, 1.82) is 0 Å². The number of urea groups is 1. The molecule has 19 heavy (non-hydrogen) atoms. The maximum Gasteiger partial charge on any atom is 0.325 e. The average molecular weight is 268 g/mol.